The van der Waals surface area contributed by atoms with Crippen LogP contribution in [0.15, 0.2) is 24.3 Å². The smallest absolute Gasteiger partial charge is 0.410 e. The van der Waals surface area contributed by atoms with Crippen LogP contribution in [0.25, 0.3) is 0 Å². The average molecular weight is 174 g/mol. The molecule has 0 amide bonds. The molecule has 0 aliphatic heterocycles. The molecule has 0 bridgehead atoms. The normalized spacial score (nSPS) is 11.3. The lowest BCUT2D eigenvalue weighted by Gasteiger charge is -2.10. The summed E-state index contributed by atoms with van der Waals surface area (Å²) in [6.07, 6.45) is -4.10. The van der Waals surface area contributed by atoms with Crippen LogP contribution in [-0.2, 0) is 0 Å². The van der Waals surface area contributed by atoms with Gasteiger partial charge in [0.25, 0.3) is 0 Å². The Labute approximate surface area is 68.4 Å². The molecule has 0 saturated heterocycles. The van der Waals surface area contributed by atoms with Gasteiger partial charge < -0.3 is 9.84 Å². The van der Waals surface area contributed by atoms with E-state index in [0.29, 0.717) is 0 Å². The number of aryl methyl sites for hydroxylation is 1. The third-order valence-corrected chi connectivity index (χ3v) is 1.23. The molecule has 12 heavy (non-hydrogen) atoms. The molecule has 0 unspecified atom stereocenters. The summed E-state index contributed by atoms with van der Waals surface area (Å²) in [4.78, 5) is 0. The minimum absolute atomic E-state index is 0.0532. The van der Waals surface area contributed by atoms with E-state index in [9.17, 15) is 8.78 Å². The van der Waals surface area contributed by atoms with E-state index in [1.54, 1.807) is 19.1 Å². The van der Waals surface area contributed by atoms with E-state index in [4.69, 9.17) is 5.11 Å². The number of ether oxygens (including phenoxy) is 1. The fraction of sp³-hybridized carbons (Fsp3) is 0.250. The van der Waals surface area contributed by atoms with Gasteiger partial charge in [0.15, 0.2) is 0 Å². The second-order valence-corrected chi connectivity index (χ2v) is 2.40. The topological polar surface area (TPSA) is 29.5 Å². The zero-order chi connectivity index (χ0) is 9.19. The second kappa shape index (κ2) is 3.06. The van der Waals surface area contributed by atoms with Crippen molar-refractivity contribution in [3.63, 3.8) is 0 Å². The quantitative estimate of drug-likeness (QED) is 0.694. The van der Waals surface area contributed by atoms with Gasteiger partial charge >= 0.3 is 6.29 Å². The largest absolute Gasteiger partial charge is 0.532 e. The minimum atomic E-state index is -4.10. The van der Waals surface area contributed by atoms with Gasteiger partial charge in [-0.25, -0.2) is 0 Å². The van der Waals surface area contributed by atoms with Gasteiger partial charge in [-0.05, 0) is 24.6 Å². The van der Waals surface area contributed by atoms with E-state index in [-0.39, 0.29) is 5.75 Å². The maximum Gasteiger partial charge on any atom is 0.532 e. The predicted molar refractivity (Wildman–Crippen MR) is 39.0 cm³/mol. The molecule has 1 aromatic rings. The van der Waals surface area contributed by atoms with Crippen LogP contribution >= 0.6 is 0 Å². The predicted octanol–water partition coefficient (Wildman–Crippen LogP) is 1.92. The van der Waals surface area contributed by atoms with E-state index in [2.05, 4.69) is 4.74 Å². The van der Waals surface area contributed by atoms with Gasteiger partial charge in [-0.1, -0.05) is 12.1 Å². The number of halogens is 2. The van der Waals surface area contributed by atoms with Gasteiger partial charge in [-0.15, -0.1) is 8.78 Å². The van der Waals surface area contributed by atoms with Crippen molar-refractivity contribution >= 4 is 0 Å². The van der Waals surface area contributed by atoms with Crippen molar-refractivity contribution in [3.8, 4) is 5.75 Å². The summed E-state index contributed by atoms with van der Waals surface area (Å²) in [5, 5.41) is 8.01. The highest BCUT2D eigenvalue weighted by atomic mass is 19.3. The monoisotopic (exact) mass is 174 g/mol. The highest BCUT2D eigenvalue weighted by Crippen LogP contribution is 2.19. The van der Waals surface area contributed by atoms with Crippen LogP contribution in [0.2, 0.25) is 0 Å². The third kappa shape index (κ3) is 2.84. The first kappa shape index (κ1) is 8.93. The molecule has 0 aliphatic rings. The molecule has 0 spiro atoms. The highest BCUT2D eigenvalue weighted by molar-refractivity contribution is 5.27. The number of hydrogen-bond acceptors (Lipinski definition) is 2. The van der Waals surface area contributed by atoms with E-state index in [1.807, 2.05) is 0 Å². The summed E-state index contributed by atoms with van der Waals surface area (Å²) in [6, 6.07) is 6.06. The Morgan fingerprint density at radius 2 is 2.08 bits per heavy atom. The average Bonchev–Trinajstić information content (AvgIpc) is 1.82. The number of aliphatic hydroxyl groups is 1. The Bertz CT molecular complexity index is 268. The molecule has 1 rings (SSSR count). The summed E-state index contributed by atoms with van der Waals surface area (Å²) in [6.45, 7) is 1.74. The van der Waals surface area contributed by atoms with Crippen molar-refractivity contribution in [3.05, 3.63) is 29.8 Å². The number of benzene rings is 1. The zero-order valence-electron chi connectivity index (χ0n) is 6.42. The van der Waals surface area contributed by atoms with Crippen molar-refractivity contribution in [1.29, 1.82) is 0 Å². The molecular weight excluding hydrogens is 166 g/mol. The van der Waals surface area contributed by atoms with Gasteiger partial charge in [0, 0.05) is 0 Å². The Balaban J connectivity index is 2.77. The number of alkyl halides is 2. The summed E-state index contributed by atoms with van der Waals surface area (Å²) in [5.74, 6) is -0.0532. The van der Waals surface area contributed by atoms with Gasteiger partial charge in [-0.3, -0.25) is 0 Å². The van der Waals surface area contributed by atoms with E-state index in [1.165, 1.54) is 12.1 Å². The molecule has 2 nitrogen and oxygen atoms in total. The Hall–Kier alpha value is -1.16. The molecule has 1 aromatic carbocycles. The second-order valence-electron chi connectivity index (χ2n) is 2.40. The molecule has 0 saturated carbocycles. The lowest BCUT2D eigenvalue weighted by molar-refractivity contribution is -0.327. The van der Waals surface area contributed by atoms with Crippen LogP contribution in [0.3, 0.4) is 0 Å². The molecule has 0 fully saturated rings. The van der Waals surface area contributed by atoms with Gasteiger partial charge in [0.05, 0.1) is 0 Å². The molecular formula is C8H8F2O2. The van der Waals surface area contributed by atoms with E-state index < -0.39 is 6.29 Å². The molecule has 1 N–H and O–H groups in total. The Morgan fingerprint density at radius 1 is 1.42 bits per heavy atom. The summed E-state index contributed by atoms with van der Waals surface area (Å²) in [7, 11) is 0. The first-order chi connectivity index (χ1) is 5.47. The van der Waals surface area contributed by atoms with E-state index in [0.717, 1.165) is 5.56 Å². The molecule has 0 aromatic heterocycles. The summed E-state index contributed by atoms with van der Waals surface area (Å²) < 4.78 is 27.7. The molecule has 0 atom stereocenters. The first-order valence-corrected chi connectivity index (χ1v) is 3.33. The molecule has 0 aliphatic carbocycles. The van der Waals surface area contributed by atoms with Crippen LogP contribution in [0.5, 0.6) is 5.75 Å². The summed E-state index contributed by atoms with van der Waals surface area (Å²) in [5.41, 5.74) is 0.789. The van der Waals surface area contributed by atoms with Crippen LogP contribution in [0.1, 0.15) is 5.56 Å². The summed E-state index contributed by atoms with van der Waals surface area (Å²) >= 11 is 0. The Morgan fingerprint density at radius 3 is 2.58 bits per heavy atom. The van der Waals surface area contributed by atoms with Crippen LogP contribution < -0.4 is 4.74 Å². The van der Waals surface area contributed by atoms with Gasteiger partial charge in [-0.2, -0.15) is 0 Å². The fourth-order valence-electron chi connectivity index (χ4n) is 0.821. The fourth-order valence-corrected chi connectivity index (χ4v) is 0.821. The third-order valence-electron chi connectivity index (χ3n) is 1.23. The molecule has 0 heterocycles. The van der Waals surface area contributed by atoms with Crippen LogP contribution in [-0.4, -0.2) is 11.4 Å². The van der Waals surface area contributed by atoms with Crippen molar-refractivity contribution in [2.45, 2.75) is 13.2 Å². The molecule has 0 radical (unpaired) electrons. The SMILES string of the molecule is Cc1cccc(OC(O)(F)F)c1. The molecule has 4 heteroatoms. The molecule has 66 valence electrons. The van der Waals surface area contributed by atoms with Gasteiger partial charge in [0.1, 0.15) is 5.75 Å². The standard InChI is InChI=1S/C8H8F2O2/c1-6-3-2-4-7(5-6)12-8(9,10)11/h2-5,11H,1H3. The van der Waals surface area contributed by atoms with E-state index >= 15 is 0 Å². The lowest BCUT2D eigenvalue weighted by Crippen LogP contribution is -2.23. The maximum absolute atomic E-state index is 11.9. The number of hydrogen-bond donors (Lipinski definition) is 1. The van der Waals surface area contributed by atoms with Crippen LogP contribution in [0, 0.1) is 6.92 Å². The minimum Gasteiger partial charge on any atom is -0.410 e. The van der Waals surface area contributed by atoms with Crippen LogP contribution in [0.4, 0.5) is 8.78 Å². The van der Waals surface area contributed by atoms with Crippen molar-refractivity contribution in [2.75, 3.05) is 0 Å². The van der Waals surface area contributed by atoms with Crippen molar-refractivity contribution in [2.24, 2.45) is 0 Å². The van der Waals surface area contributed by atoms with Crippen molar-refractivity contribution in [1.82, 2.24) is 0 Å². The van der Waals surface area contributed by atoms with Crippen molar-refractivity contribution < 1.29 is 18.6 Å². The number of rotatable bonds is 2. The maximum atomic E-state index is 11.9. The van der Waals surface area contributed by atoms with Gasteiger partial charge in [0.2, 0.25) is 0 Å². The highest BCUT2D eigenvalue weighted by Gasteiger charge is 2.27. The Kier molecular flexibility index (Phi) is 2.28. The first-order valence-electron chi connectivity index (χ1n) is 3.33. The zero-order valence-corrected chi connectivity index (χ0v) is 6.42. The lowest BCUT2D eigenvalue weighted by atomic mass is 10.2.